The Bertz CT molecular complexity index is 2440. The molecular weight excluding hydrogens is 506 g/mol. The number of fused-ring (bicyclic) bond motifs is 8. The molecule has 9 aromatic rings. The molecule has 0 unspecified atom stereocenters. The lowest BCUT2D eigenvalue weighted by molar-refractivity contribution is 1.08. The van der Waals surface area contributed by atoms with Gasteiger partial charge in [-0.3, -0.25) is 4.57 Å². The molecule has 0 fully saturated rings. The van der Waals surface area contributed by atoms with Gasteiger partial charge in [0.1, 0.15) is 5.69 Å². The number of rotatable bonds is 2. The molecule has 0 amide bonds. The van der Waals surface area contributed by atoms with Crippen molar-refractivity contribution in [3.8, 4) is 17.1 Å². The Balaban J connectivity index is 1.48. The van der Waals surface area contributed by atoms with Crippen LogP contribution < -0.4 is 0 Å². The summed E-state index contributed by atoms with van der Waals surface area (Å²) in [5, 5.41) is 7.37. The van der Waals surface area contributed by atoms with Crippen molar-refractivity contribution in [2.24, 2.45) is 0 Å². The third-order valence-electron chi connectivity index (χ3n) is 7.98. The number of para-hydroxylation sites is 3. The molecule has 0 N–H and O–H groups in total. The zero-order valence-corrected chi connectivity index (χ0v) is 22.2. The van der Waals surface area contributed by atoms with Crippen LogP contribution in [0.1, 0.15) is 0 Å². The Kier molecular flexibility index (Phi) is 4.48. The van der Waals surface area contributed by atoms with Gasteiger partial charge in [-0.25, -0.2) is 9.97 Å². The number of benzene rings is 6. The average Bonchev–Trinajstić information content (AvgIpc) is 3.54. The van der Waals surface area contributed by atoms with E-state index in [1.54, 1.807) is 0 Å². The highest BCUT2D eigenvalue weighted by atomic mass is 32.1. The Hall–Kier alpha value is -5.06. The molecule has 3 aromatic heterocycles. The summed E-state index contributed by atoms with van der Waals surface area (Å²) in [7, 11) is 0. The smallest absolute Gasteiger partial charge is 0.165 e. The Morgan fingerprint density at radius 2 is 1.18 bits per heavy atom. The summed E-state index contributed by atoms with van der Waals surface area (Å²) in [6.07, 6.45) is 0. The fraction of sp³-hybridized carbons (Fsp3) is 0. The highest BCUT2D eigenvalue weighted by molar-refractivity contribution is 7.25. The summed E-state index contributed by atoms with van der Waals surface area (Å²) in [5.41, 5.74) is 6.01. The number of hydrogen-bond donors (Lipinski definition) is 0. The third kappa shape index (κ3) is 3.05. The van der Waals surface area contributed by atoms with Gasteiger partial charge < -0.3 is 0 Å². The standard InChI is InChI=1S/C36H21N3S/c1-2-12-23-22(10-1)11-9-15-26(23)35-36(38-30-17-6-5-16-29(30)37-35)39-31-18-7-3-13-24(31)27-21-34-28(20-32(27)39)25-14-4-8-19-33(25)40-34/h1-21H. The van der Waals surface area contributed by atoms with Crippen LogP contribution >= 0.6 is 11.3 Å². The molecule has 3 nitrogen and oxygen atoms in total. The topological polar surface area (TPSA) is 30.7 Å². The molecule has 9 rings (SSSR count). The van der Waals surface area contributed by atoms with E-state index < -0.39 is 0 Å². The average molecular weight is 528 g/mol. The van der Waals surface area contributed by atoms with Gasteiger partial charge in [0.2, 0.25) is 0 Å². The highest BCUT2D eigenvalue weighted by Crippen LogP contribution is 2.42. The lowest BCUT2D eigenvalue weighted by atomic mass is 10.0. The zero-order chi connectivity index (χ0) is 26.2. The first-order valence-electron chi connectivity index (χ1n) is 13.4. The summed E-state index contributed by atoms with van der Waals surface area (Å²) in [6, 6.07) is 45.2. The Labute approximate surface area is 233 Å². The lowest BCUT2D eigenvalue weighted by Crippen LogP contribution is -2.04. The van der Waals surface area contributed by atoms with Crippen molar-refractivity contribution >= 4 is 75.1 Å². The molecule has 0 spiro atoms. The van der Waals surface area contributed by atoms with Crippen LogP contribution in [-0.4, -0.2) is 14.5 Å². The fourth-order valence-electron chi connectivity index (χ4n) is 6.17. The van der Waals surface area contributed by atoms with Crippen LogP contribution in [0.5, 0.6) is 0 Å². The molecule has 4 heteroatoms. The van der Waals surface area contributed by atoms with E-state index in [0.717, 1.165) is 39.1 Å². The minimum absolute atomic E-state index is 0.847. The molecule has 3 heterocycles. The van der Waals surface area contributed by atoms with Crippen molar-refractivity contribution < 1.29 is 0 Å². The molecule has 0 aliphatic carbocycles. The predicted molar refractivity (Wildman–Crippen MR) is 170 cm³/mol. The lowest BCUT2D eigenvalue weighted by Gasteiger charge is -2.15. The second-order valence-corrected chi connectivity index (χ2v) is 11.3. The van der Waals surface area contributed by atoms with E-state index in [0.29, 0.717) is 0 Å². The van der Waals surface area contributed by atoms with Gasteiger partial charge in [0.05, 0.1) is 22.1 Å². The second-order valence-electron chi connectivity index (χ2n) is 10.2. The van der Waals surface area contributed by atoms with E-state index in [-0.39, 0.29) is 0 Å². The SMILES string of the molecule is c1ccc2c(-c3nc4ccccc4nc3-n3c4ccccc4c4cc5sc6ccccc6c5cc43)cccc2c1. The maximum Gasteiger partial charge on any atom is 0.165 e. The van der Waals surface area contributed by atoms with Crippen LogP contribution in [-0.2, 0) is 0 Å². The molecule has 0 saturated heterocycles. The minimum Gasteiger partial charge on any atom is -0.292 e. The van der Waals surface area contributed by atoms with Gasteiger partial charge in [-0.05, 0) is 47.2 Å². The molecule has 186 valence electrons. The van der Waals surface area contributed by atoms with Crippen molar-refractivity contribution in [1.29, 1.82) is 0 Å². The van der Waals surface area contributed by atoms with Crippen molar-refractivity contribution in [3.63, 3.8) is 0 Å². The van der Waals surface area contributed by atoms with Crippen molar-refractivity contribution in [2.75, 3.05) is 0 Å². The van der Waals surface area contributed by atoms with Crippen LogP contribution in [0.25, 0.3) is 80.9 Å². The van der Waals surface area contributed by atoms with E-state index in [4.69, 9.17) is 9.97 Å². The second kappa shape index (κ2) is 8.22. The van der Waals surface area contributed by atoms with Crippen molar-refractivity contribution in [2.45, 2.75) is 0 Å². The summed E-state index contributed by atoms with van der Waals surface area (Å²) >= 11 is 1.86. The van der Waals surface area contributed by atoms with E-state index in [1.807, 2.05) is 29.5 Å². The molecule has 0 saturated carbocycles. The maximum atomic E-state index is 5.33. The van der Waals surface area contributed by atoms with Gasteiger partial charge in [0.15, 0.2) is 5.82 Å². The molecule has 0 bridgehead atoms. The van der Waals surface area contributed by atoms with Crippen LogP contribution in [0.4, 0.5) is 0 Å². The highest BCUT2D eigenvalue weighted by Gasteiger charge is 2.21. The van der Waals surface area contributed by atoms with E-state index in [1.165, 1.54) is 41.7 Å². The predicted octanol–water partition coefficient (Wildman–Crippen LogP) is 9.91. The summed E-state index contributed by atoms with van der Waals surface area (Å²) in [6.45, 7) is 0. The van der Waals surface area contributed by atoms with Crippen LogP contribution in [0, 0.1) is 0 Å². The van der Waals surface area contributed by atoms with Crippen molar-refractivity contribution in [1.82, 2.24) is 14.5 Å². The van der Waals surface area contributed by atoms with Gasteiger partial charge in [-0.1, -0.05) is 91.0 Å². The number of nitrogens with zero attached hydrogens (tertiary/aromatic N) is 3. The Morgan fingerprint density at radius 1 is 0.475 bits per heavy atom. The van der Waals surface area contributed by atoms with Gasteiger partial charge in [0, 0.05) is 36.5 Å². The van der Waals surface area contributed by atoms with Crippen LogP contribution in [0.2, 0.25) is 0 Å². The number of hydrogen-bond acceptors (Lipinski definition) is 3. The zero-order valence-electron chi connectivity index (χ0n) is 21.4. The summed E-state index contributed by atoms with van der Waals surface area (Å²) in [4.78, 5) is 10.6. The van der Waals surface area contributed by atoms with Crippen molar-refractivity contribution in [3.05, 3.63) is 127 Å². The molecule has 0 aliphatic heterocycles. The number of thiophene rings is 1. The van der Waals surface area contributed by atoms with Gasteiger partial charge >= 0.3 is 0 Å². The fourth-order valence-corrected chi connectivity index (χ4v) is 7.30. The maximum absolute atomic E-state index is 5.33. The largest absolute Gasteiger partial charge is 0.292 e. The quantitative estimate of drug-likeness (QED) is 0.224. The normalized spacial score (nSPS) is 12.0. The third-order valence-corrected chi connectivity index (χ3v) is 9.11. The van der Waals surface area contributed by atoms with Gasteiger partial charge in [-0.15, -0.1) is 11.3 Å². The van der Waals surface area contributed by atoms with E-state index in [9.17, 15) is 0 Å². The molecule has 0 radical (unpaired) electrons. The first-order valence-corrected chi connectivity index (χ1v) is 14.2. The molecule has 6 aromatic carbocycles. The van der Waals surface area contributed by atoms with Gasteiger partial charge in [-0.2, -0.15) is 0 Å². The summed E-state index contributed by atoms with van der Waals surface area (Å²) < 4.78 is 4.94. The Morgan fingerprint density at radius 3 is 2.08 bits per heavy atom. The van der Waals surface area contributed by atoms with Crippen LogP contribution in [0.3, 0.4) is 0 Å². The summed E-state index contributed by atoms with van der Waals surface area (Å²) in [5.74, 6) is 0.847. The molecular formula is C36H21N3S. The minimum atomic E-state index is 0.847. The first kappa shape index (κ1) is 21.8. The molecule has 0 aliphatic rings. The number of aromatic nitrogens is 3. The molecule has 40 heavy (non-hydrogen) atoms. The monoisotopic (exact) mass is 527 g/mol. The van der Waals surface area contributed by atoms with Gasteiger partial charge in [0.25, 0.3) is 0 Å². The molecule has 0 atom stereocenters. The van der Waals surface area contributed by atoms with E-state index >= 15 is 0 Å². The first-order chi connectivity index (χ1) is 19.8. The van der Waals surface area contributed by atoms with E-state index in [2.05, 4.69) is 114 Å². The van der Waals surface area contributed by atoms with Crippen LogP contribution in [0.15, 0.2) is 127 Å².